The molecule has 8 heteroatoms. The zero-order valence-electron chi connectivity index (χ0n) is 19.1. The Morgan fingerprint density at radius 2 is 1.75 bits per heavy atom. The van der Waals surface area contributed by atoms with Gasteiger partial charge in [-0.2, -0.15) is 0 Å². The third-order valence-corrected chi connectivity index (χ3v) is 5.81. The zero-order chi connectivity index (χ0) is 23.3. The summed E-state index contributed by atoms with van der Waals surface area (Å²) in [6.07, 6.45) is 5.66. The Kier molecular flexibility index (Phi) is 12.1. The van der Waals surface area contributed by atoms with E-state index >= 15 is 0 Å². The molecule has 6 nitrogen and oxygen atoms in total. The SMILES string of the molecule is CN(C)c1cccc(CCCOCCCCCCNCC(O)c2cc(Cl)c(N)c(Cl)c2)n1. The third kappa shape index (κ3) is 9.51. The highest BCUT2D eigenvalue weighted by atomic mass is 35.5. The monoisotopic (exact) mass is 482 g/mol. The second-order valence-corrected chi connectivity index (χ2v) is 8.94. The number of aliphatic hydroxyl groups excluding tert-OH is 1. The first-order valence-corrected chi connectivity index (χ1v) is 12.0. The van der Waals surface area contributed by atoms with Crippen LogP contribution < -0.4 is 16.0 Å². The smallest absolute Gasteiger partial charge is 0.128 e. The van der Waals surface area contributed by atoms with Gasteiger partial charge in [-0.25, -0.2) is 4.98 Å². The Morgan fingerprint density at radius 1 is 1.06 bits per heavy atom. The van der Waals surface area contributed by atoms with Gasteiger partial charge in [-0.05, 0) is 62.1 Å². The summed E-state index contributed by atoms with van der Waals surface area (Å²) in [6, 6.07) is 9.46. The Bertz CT molecular complexity index is 797. The quantitative estimate of drug-likeness (QED) is 0.248. The number of hydrogen-bond acceptors (Lipinski definition) is 6. The van der Waals surface area contributed by atoms with Crippen molar-refractivity contribution < 1.29 is 9.84 Å². The molecule has 1 atom stereocenters. The van der Waals surface area contributed by atoms with Gasteiger partial charge in [-0.3, -0.25) is 0 Å². The number of halogens is 2. The van der Waals surface area contributed by atoms with E-state index < -0.39 is 6.10 Å². The van der Waals surface area contributed by atoms with Crippen molar-refractivity contribution in [3.63, 3.8) is 0 Å². The Hall–Kier alpha value is -1.57. The number of rotatable bonds is 15. The lowest BCUT2D eigenvalue weighted by Gasteiger charge is -2.14. The molecule has 1 heterocycles. The highest BCUT2D eigenvalue weighted by Gasteiger charge is 2.11. The van der Waals surface area contributed by atoms with Gasteiger partial charge in [0.15, 0.2) is 0 Å². The number of nitrogens with one attached hydrogen (secondary N) is 1. The van der Waals surface area contributed by atoms with Gasteiger partial charge in [0.2, 0.25) is 0 Å². The van der Waals surface area contributed by atoms with Crippen molar-refractivity contribution in [2.45, 2.75) is 44.6 Å². The summed E-state index contributed by atoms with van der Waals surface area (Å²) in [5, 5.41) is 14.3. The number of ether oxygens (including phenoxy) is 1. The molecule has 1 unspecified atom stereocenters. The van der Waals surface area contributed by atoms with Crippen molar-refractivity contribution >= 4 is 34.7 Å². The molecule has 0 aliphatic heterocycles. The predicted octanol–water partition coefficient (Wildman–Crippen LogP) is 4.87. The minimum Gasteiger partial charge on any atom is -0.396 e. The van der Waals surface area contributed by atoms with Gasteiger partial charge in [0.25, 0.3) is 0 Å². The normalized spacial score (nSPS) is 12.2. The number of hydrogen-bond donors (Lipinski definition) is 3. The predicted molar refractivity (Wildman–Crippen MR) is 135 cm³/mol. The largest absolute Gasteiger partial charge is 0.396 e. The first-order valence-electron chi connectivity index (χ1n) is 11.2. The lowest BCUT2D eigenvalue weighted by atomic mass is 10.1. The fraction of sp³-hybridized carbons (Fsp3) is 0.542. The lowest BCUT2D eigenvalue weighted by molar-refractivity contribution is 0.127. The molecule has 1 aromatic heterocycles. The molecule has 2 aromatic rings. The van der Waals surface area contributed by atoms with E-state index in [1.165, 1.54) is 0 Å². The second-order valence-electron chi connectivity index (χ2n) is 8.13. The molecule has 0 bridgehead atoms. The number of nitrogens with two attached hydrogens (primary N) is 1. The topological polar surface area (TPSA) is 83.6 Å². The number of pyridine rings is 1. The minimum atomic E-state index is -0.667. The maximum Gasteiger partial charge on any atom is 0.128 e. The fourth-order valence-corrected chi connectivity index (χ4v) is 3.78. The highest BCUT2D eigenvalue weighted by Crippen LogP contribution is 2.31. The maximum atomic E-state index is 10.3. The van der Waals surface area contributed by atoms with Gasteiger partial charge in [0.1, 0.15) is 5.82 Å². The molecular formula is C24H36Cl2N4O2. The molecule has 0 fully saturated rings. The van der Waals surface area contributed by atoms with Crippen LogP contribution in [0.4, 0.5) is 11.5 Å². The van der Waals surface area contributed by atoms with Crippen molar-refractivity contribution in [1.29, 1.82) is 0 Å². The van der Waals surface area contributed by atoms with Crippen molar-refractivity contribution in [2.24, 2.45) is 0 Å². The Morgan fingerprint density at radius 3 is 2.47 bits per heavy atom. The summed E-state index contributed by atoms with van der Waals surface area (Å²) in [6.45, 7) is 2.88. The van der Waals surface area contributed by atoms with E-state index in [4.69, 9.17) is 33.7 Å². The summed E-state index contributed by atoms with van der Waals surface area (Å²) in [5.74, 6) is 0.992. The van der Waals surface area contributed by atoms with E-state index in [-0.39, 0.29) is 0 Å². The van der Waals surface area contributed by atoms with Crippen LogP contribution in [0.25, 0.3) is 0 Å². The van der Waals surface area contributed by atoms with Gasteiger partial charge in [0, 0.05) is 39.5 Å². The molecular weight excluding hydrogens is 447 g/mol. The average Bonchev–Trinajstić information content (AvgIpc) is 2.77. The number of aliphatic hydroxyl groups is 1. The molecule has 0 aliphatic carbocycles. The molecule has 1 aromatic carbocycles. The molecule has 0 saturated heterocycles. The third-order valence-electron chi connectivity index (χ3n) is 5.19. The summed E-state index contributed by atoms with van der Waals surface area (Å²) >= 11 is 12.0. The van der Waals surface area contributed by atoms with Gasteiger partial charge in [0.05, 0.1) is 21.8 Å². The minimum absolute atomic E-state index is 0.341. The van der Waals surface area contributed by atoms with Crippen LogP contribution in [0.5, 0.6) is 0 Å². The van der Waals surface area contributed by atoms with Crippen LogP contribution in [-0.2, 0) is 11.2 Å². The number of nitrogen functional groups attached to an aromatic ring is 1. The van der Waals surface area contributed by atoms with E-state index in [9.17, 15) is 5.11 Å². The van der Waals surface area contributed by atoms with E-state index in [1.54, 1.807) is 12.1 Å². The fourth-order valence-electron chi connectivity index (χ4n) is 3.27. The van der Waals surface area contributed by atoms with E-state index in [0.717, 1.165) is 69.8 Å². The van der Waals surface area contributed by atoms with Crippen LogP contribution in [-0.4, -0.2) is 50.5 Å². The number of benzene rings is 1. The van der Waals surface area contributed by atoms with Crippen LogP contribution in [0.1, 0.15) is 49.5 Å². The van der Waals surface area contributed by atoms with E-state index in [0.29, 0.717) is 27.8 Å². The Balaban J connectivity index is 1.44. The summed E-state index contributed by atoms with van der Waals surface area (Å²) < 4.78 is 5.75. The first kappa shape index (κ1) is 26.7. The number of aromatic nitrogens is 1. The van der Waals surface area contributed by atoms with Crippen molar-refractivity contribution in [3.8, 4) is 0 Å². The molecule has 0 spiro atoms. The summed E-state index contributed by atoms with van der Waals surface area (Å²) in [4.78, 5) is 6.64. The van der Waals surface area contributed by atoms with Crippen LogP contribution in [0.3, 0.4) is 0 Å². The number of aryl methyl sites for hydroxylation is 1. The van der Waals surface area contributed by atoms with Crippen LogP contribution in [0.2, 0.25) is 10.0 Å². The highest BCUT2D eigenvalue weighted by molar-refractivity contribution is 6.38. The van der Waals surface area contributed by atoms with Gasteiger partial charge in [-0.1, -0.05) is 42.1 Å². The summed E-state index contributed by atoms with van der Waals surface area (Å²) in [7, 11) is 4.01. The summed E-state index contributed by atoms with van der Waals surface area (Å²) in [5.41, 5.74) is 7.85. The van der Waals surface area contributed by atoms with Crippen LogP contribution in [0, 0.1) is 0 Å². The number of anilines is 2. The molecule has 32 heavy (non-hydrogen) atoms. The lowest BCUT2D eigenvalue weighted by Crippen LogP contribution is -2.22. The standard InChI is InChI=1S/C24H36Cl2N4O2/c1-30(2)23-11-7-9-19(29-23)10-8-14-32-13-6-4-3-5-12-28-17-22(31)18-15-20(25)24(27)21(26)16-18/h7,9,11,15-16,22,28,31H,3-6,8,10,12-14,17,27H2,1-2H3. The van der Waals surface area contributed by atoms with E-state index in [2.05, 4.69) is 22.4 Å². The second kappa shape index (κ2) is 14.6. The zero-order valence-corrected chi connectivity index (χ0v) is 20.6. The molecule has 178 valence electrons. The van der Waals surface area contributed by atoms with Crippen LogP contribution in [0.15, 0.2) is 30.3 Å². The van der Waals surface area contributed by atoms with Crippen LogP contribution >= 0.6 is 23.2 Å². The first-order chi connectivity index (χ1) is 15.4. The van der Waals surface area contributed by atoms with Crippen molar-refractivity contribution in [2.75, 3.05) is 51.0 Å². The molecule has 0 amide bonds. The maximum absolute atomic E-state index is 10.3. The average molecular weight is 483 g/mol. The molecule has 0 saturated carbocycles. The number of unbranched alkanes of at least 4 members (excludes halogenated alkanes) is 3. The number of nitrogens with zero attached hydrogens (tertiary/aromatic N) is 2. The van der Waals surface area contributed by atoms with Gasteiger partial charge in [-0.15, -0.1) is 0 Å². The molecule has 0 aliphatic rings. The van der Waals surface area contributed by atoms with Crippen molar-refractivity contribution in [1.82, 2.24) is 10.3 Å². The van der Waals surface area contributed by atoms with E-state index in [1.807, 2.05) is 25.1 Å². The van der Waals surface area contributed by atoms with Gasteiger partial charge >= 0.3 is 0 Å². The van der Waals surface area contributed by atoms with Crippen molar-refractivity contribution in [3.05, 3.63) is 51.6 Å². The molecule has 0 radical (unpaired) electrons. The Labute approximate surface area is 202 Å². The molecule has 2 rings (SSSR count). The molecule has 4 N–H and O–H groups in total. The van der Waals surface area contributed by atoms with Gasteiger partial charge < -0.3 is 25.8 Å².